The van der Waals surface area contributed by atoms with E-state index in [9.17, 15) is 4.79 Å². The zero-order chi connectivity index (χ0) is 8.43. The summed E-state index contributed by atoms with van der Waals surface area (Å²) in [6.45, 7) is 5.53. The molecule has 0 fully saturated rings. The van der Waals surface area contributed by atoms with Crippen molar-refractivity contribution in [3.8, 4) is 0 Å². The van der Waals surface area contributed by atoms with Gasteiger partial charge in [-0.3, -0.25) is 4.57 Å². The first-order valence-electron chi connectivity index (χ1n) is 3.18. The number of nitrogens with zero attached hydrogens (tertiary/aromatic N) is 1. The van der Waals surface area contributed by atoms with Crippen LogP contribution in [-0.4, -0.2) is 15.8 Å². The van der Waals surface area contributed by atoms with Crippen molar-refractivity contribution in [1.29, 1.82) is 0 Å². The van der Waals surface area contributed by atoms with Crippen LogP contribution in [0, 0.1) is 0 Å². The van der Waals surface area contributed by atoms with Gasteiger partial charge < -0.3 is 5.11 Å². The zero-order valence-electron chi connectivity index (χ0n) is 6.24. The number of aromatic nitrogens is 1. The van der Waals surface area contributed by atoms with Gasteiger partial charge in [0.15, 0.2) is 0 Å². The van der Waals surface area contributed by atoms with Gasteiger partial charge >= 0.3 is 6.09 Å². The molecule has 0 aliphatic carbocycles. The molecule has 0 aromatic carbocycles. The van der Waals surface area contributed by atoms with Gasteiger partial charge in [-0.1, -0.05) is 6.58 Å². The minimum atomic E-state index is -0.975. The molecule has 0 amide bonds. The zero-order valence-corrected chi connectivity index (χ0v) is 6.24. The van der Waals surface area contributed by atoms with Gasteiger partial charge in [-0.25, -0.2) is 4.79 Å². The second kappa shape index (κ2) is 2.62. The van der Waals surface area contributed by atoms with E-state index in [4.69, 9.17) is 5.11 Å². The summed E-state index contributed by atoms with van der Waals surface area (Å²) in [5, 5.41) is 8.51. The van der Waals surface area contributed by atoms with Gasteiger partial charge in [0.2, 0.25) is 0 Å². The minimum Gasteiger partial charge on any atom is -0.464 e. The molecule has 1 aromatic heterocycles. The lowest BCUT2D eigenvalue weighted by Crippen LogP contribution is -2.03. The van der Waals surface area contributed by atoms with Crippen LogP contribution in [0.25, 0.3) is 5.57 Å². The predicted octanol–water partition coefficient (Wildman–Crippen LogP) is 2.05. The number of rotatable bonds is 1. The highest BCUT2D eigenvalue weighted by molar-refractivity contribution is 5.71. The van der Waals surface area contributed by atoms with Crippen LogP contribution in [-0.2, 0) is 0 Å². The summed E-state index contributed by atoms with van der Waals surface area (Å²) in [6.07, 6.45) is 2.05. The third-order valence-electron chi connectivity index (χ3n) is 1.41. The van der Waals surface area contributed by atoms with E-state index in [1.165, 1.54) is 12.4 Å². The molecule has 0 saturated heterocycles. The molecule has 0 bridgehead atoms. The Balaban J connectivity index is 2.99. The van der Waals surface area contributed by atoms with E-state index < -0.39 is 6.09 Å². The molecule has 0 aliphatic heterocycles. The van der Waals surface area contributed by atoms with Crippen LogP contribution in [0.4, 0.5) is 4.79 Å². The average molecular weight is 151 g/mol. The van der Waals surface area contributed by atoms with Gasteiger partial charge in [0, 0.05) is 12.4 Å². The lowest BCUT2D eigenvalue weighted by atomic mass is 10.2. The highest BCUT2D eigenvalue weighted by Gasteiger charge is 2.01. The topological polar surface area (TPSA) is 42.2 Å². The summed E-state index contributed by atoms with van der Waals surface area (Å²) < 4.78 is 1.10. The van der Waals surface area contributed by atoms with Crippen molar-refractivity contribution in [2.75, 3.05) is 0 Å². The summed E-state index contributed by atoms with van der Waals surface area (Å²) >= 11 is 0. The quantitative estimate of drug-likeness (QED) is 0.667. The summed E-state index contributed by atoms with van der Waals surface area (Å²) in [6, 6.07) is 1.72. The molecule has 58 valence electrons. The number of carboxylic acid groups (broad SMARTS) is 1. The minimum absolute atomic E-state index is 0.854. The lowest BCUT2D eigenvalue weighted by Gasteiger charge is -1.91. The fourth-order valence-electron chi connectivity index (χ4n) is 0.768. The first-order chi connectivity index (χ1) is 5.11. The van der Waals surface area contributed by atoms with Crippen molar-refractivity contribution < 1.29 is 9.90 Å². The van der Waals surface area contributed by atoms with E-state index in [1.807, 2.05) is 6.92 Å². The summed E-state index contributed by atoms with van der Waals surface area (Å²) in [5.41, 5.74) is 1.72. The van der Waals surface area contributed by atoms with E-state index in [0.717, 1.165) is 15.7 Å². The summed E-state index contributed by atoms with van der Waals surface area (Å²) in [5.74, 6) is 0. The molecule has 0 spiro atoms. The average Bonchev–Trinajstić information content (AvgIpc) is 2.33. The van der Waals surface area contributed by atoms with Gasteiger partial charge in [-0.2, -0.15) is 0 Å². The maximum Gasteiger partial charge on any atom is 0.415 e. The number of carbonyl (C=O) groups is 1. The Bertz CT molecular complexity index is 270. The van der Waals surface area contributed by atoms with E-state index in [1.54, 1.807) is 6.07 Å². The van der Waals surface area contributed by atoms with Crippen molar-refractivity contribution >= 4 is 11.7 Å². The molecular weight excluding hydrogens is 142 g/mol. The van der Waals surface area contributed by atoms with Gasteiger partial charge in [0.25, 0.3) is 0 Å². The highest BCUT2D eigenvalue weighted by Crippen LogP contribution is 2.10. The van der Waals surface area contributed by atoms with Crippen LogP contribution >= 0.6 is 0 Å². The third kappa shape index (κ3) is 1.49. The van der Waals surface area contributed by atoms with E-state index in [-0.39, 0.29) is 0 Å². The Hall–Kier alpha value is -1.51. The van der Waals surface area contributed by atoms with E-state index >= 15 is 0 Å². The molecule has 1 rings (SSSR count). The predicted molar refractivity (Wildman–Crippen MR) is 42.6 cm³/mol. The normalized spacial score (nSPS) is 9.55. The fourth-order valence-corrected chi connectivity index (χ4v) is 0.768. The van der Waals surface area contributed by atoms with Gasteiger partial charge in [0.1, 0.15) is 0 Å². The smallest absolute Gasteiger partial charge is 0.415 e. The Morgan fingerprint density at radius 1 is 1.73 bits per heavy atom. The van der Waals surface area contributed by atoms with Crippen LogP contribution < -0.4 is 0 Å². The number of hydrogen-bond donors (Lipinski definition) is 1. The molecular formula is C8H9NO2. The molecule has 3 nitrogen and oxygen atoms in total. The summed E-state index contributed by atoms with van der Waals surface area (Å²) in [4.78, 5) is 10.4. The van der Waals surface area contributed by atoms with Crippen LogP contribution in [0.15, 0.2) is 25.0 Å². The molecule has 11 heavy (non-hydrogen) atoms. The standard InChI is InChI=1S/C8H9NO2/c1-6(2)7-3-4-9(5-7)8(10)11/h3-5H,1H2,2H3,(H,10,11). The Morgan fingerprint density at radius 3 is 2.64 bits per heavy atom. The van der Waals surface area contributed by atoms with E-state index in [0.29, 0.717) is 0 Å². The number of allylic oxidation sites excluding steroid dienone is 1. The van der Waals surface area contributed by atoms with Crippen molar-refractivity contribution in [1.82, 2.24) is 4.57 Å². The second-order valence-electron chi connectivity index (χ2n) is 2.37. The fraction of sp³-hybridized carbons (Fsp3) is 0.125. The Kier molecular flexibility index (Phi) is 1.81. The maximum atomic E-state index is 10.4. The van der Waals surface area contributed by atoms with Crippen LogP contribution in [0.5, 0.6) is 0 Å². The highest BCUT2D eigenvalue weighted by atomic mass is 16.4. The first kappa shape index (κ1) is 7.60. The van der Waals surface area contributed by atoms with Gasteiger partial charge in [0.05, 0.1) is 0 Å². The molecule has 0 unspecified atom stereocenters. The Labute approximate surface area is 64.6 Å². The van der Waals surface area contributed by atoms with Crippen molar-refractivity contribution in [3.05, 3.63) is 30.6 Å². The molecule has 1 N–H and O–H groups in total. The third-order valence-corrected chi connectivity index (χ3v) is 1.41. The van der Waals surface area contributed by atoms with E-state index in [2.05, 4.69) is 6.58 Å². The van der Waals surface area contributed by atoms with Crippen LogP contribution in [0.3, 0.4) is 0 Å². The largest absolute Gasteiger partial charge is 0.464 e. The van der Waals surface area contributed by atoms with Crippen molar-refractivity contribution in [2.45, 2.75) is 6.92 Å². The second-order valence-corrected chi connectivity index (χ2v) is 2.37. The SMILES string of the molecule is C=C(C)c1ccn(C(=O)O)c1. The van der Waals surface area contributed by atoms with Crippen LogP contribution in [0.2, 0.25) is 0 Å². The van der Waals surface area contributed by atoms with Crippen molar-refractivity contribution in [3.63, 3.8) is 0 Å². The molecule has 1 aromatic rings. The molecule has 3 heteroatoms. The maximum absolute atomic E-state index is 10.4. The van der Waals surface area contributed by atoms with Crippen molar-refractivity contribution in [2.24, 2.45) is 0 Å². The molecule has 1 heterocycles. The molecule has 0 saturated carbocycles. The summed E-state index contributed by atoms with van der Waals surface area (Å²) in [7, 11) is 0. The molecule has 0 aliphatic rings. The Morgan fingerprint density at radius 2 is 2.36 bits per heavy atom. The monoisotopic (exact) mass is 151 g/mol. The van der Waals surface area contributed by atoms with Gasteiger partial charge in [-0.05, 0) is 24.1 Å². The molecule has 0 atom stereocenters. The van der Waals surface area contributed by atoms with Gasteiger partial charge in [-0.15, -0.1) is 0 Å². The lowest BCUT2D eigenvalue weighted by molar-refractivity contribution is 0.196. The number of hydrogen-bond acceptors (Lipinski definition) is 1. The van der Waals surface area contributed by atoms with Crippen LogP contribution in [0.1, 0.15) is 12.5 Å². The first-order valence-corrected chi connectivity index (χ1v) is 3.18. The molecule has 0 radical (unpaired) electrons.